The summed E-state index contributed by atoms with van der Waals surface area (Å²) in [6, 6.07) is 0. The monoisotopic (exact) mass is 895 g/mol. The fraction of sp³-hybridized carbons (Fsp3) is 0.964. The zero-order valence-electron chi connectivity index (χ0n) is 43.0. The van der Waals surface area contributed by atoms with Gasteiger partial charge in [0, 0.05) is 44.4 Å². The topological polar surface area (TPSA) is 122 Å². The van der Waals surface area contributed by atoms with E-state index in [1.54, 1.807) is 13.8 Å². The molecule has 63 heavy (non-hydrogen) atoms. The van der Waals surface area contributed by atoms with Gasteiger partial charge in [0.05, 0.1) is 24.4 Å². The van der Waals surface area contributed by atoms with Gasteiger partial charge in [-0.15, -0.1) is 0 Å². The van der Waals surface area contributed by atoms with Crippen LogP contribution in [0, 0.1) is 11.8 Å². The quantitative estimate of drug-likeness (QED) is 0.0446. The molecular weight excluding hydrogens is 785 g/mol. The zero-order valence-corrected chi connectivity index (χ0v) is 43.0. The zero-order chi connectivity index (χ0) is 46.8. The molecule has 0 aromatic rings. The van der Waals surface area contributed by atoms with Crippen LogP contribution in [-0.4, -0.2) is 105 Å². The Bertz CT molecular complexity index is 968. The molecule has 0 saturated carbocycles. The summed E-state index contributed by atoms with van der Waals surface area (Å²) < 4.78 is 0. The summed E-state index contributed by atoms with van der Waals surface area (Å²) in [6.45, 7) is 16.1. The van der Waals surface area contributed by atoms with Gasteiger partial charge in [0.25, 0.3) is 0 Å². The Labute approximate surface area is 391 Å². The third kappa shape index (κ3) is 39.9. The van der Waals surface area contributed by atoms with Crippen LogP contribution in [-0.2, 0) is 9.59 Å². The van der Waals surface area contributed by atoms with E-state index < -0.39 is 18.3 Å². The minimum atomic E-state index is -0.454. The Hall–Kier alpha value is -0.900. The molecule has 8 heteroatoms. The van der Waals surface area contributed by atoms with Crippen molar-refractivity contribution in [2.45, 2.75) is 291 Å². The van der Waals surface area contributed by atoms with Crippen molar-refractivity contribution in [2.24, 2.45) is 11.8 Å². The van der Waals surface area contributed by atoms with E-state index in [0.29, 0.717) is 39.0 Å². The van der Waals surface area contributed by atoms with Crippen molar-refractivity contribution in [2.75, 3.05) is 39.3 Å². The summed E-state index contributed by atoms with van der Waals surface area (Å²) >= 11 is 0. The van der Waals surface area contributed by atoms with E-state index >= 15 is 0 Å². The number of aliphatic hydroxyl groups is 4. The Morgan fingerprint density at radius 2 is 0.698 bits per heavy atom. The van der Waals surface area contributed by atoms with E-state index in [1.807, 2.05) is 0 Å². The van der Waals surface area contributed by atoms with Crippen LogP contribution in [0.1, 0.15) is 266 Å². The van der Waals surface area contributed by atoms with Gasteiger partial charge in [-0.1, -0.05) is 195 Å². The molecule has 0 aromatic heterocycles. The smallest absolute Gasteiger partial charge is 0.136 e. The van der Waals surface area contributed by atoms with Crippen molar-refractivity contribution >= 4 is 11.6 Å². The third-order valence-electron chi connectivity index (χ3n) is 13.6. The minimum Gasteiger partial charge on any atom is -0.392 e. The van der Waals surface area contributed by atoms with Gasteiger partial charge in [-0.3, -0.25) is 19.4 Å². The average Bonchev–Trinajstić information content (AvgIpc) is 3.24. The Morgan fingerprint density at radius 1 is 0.397 bits per heavy atom. The number of nitrogens with zero attached hydrogens (tertiary/aromatic N) is 2. The molecule has 0 radical (unpaired) electrons. The molecule has 0 saturated heterocycles. The molecule has 0 amide bonds. The second-order valence-corrected chi connectivity index (χ2v) is 20.2. The van der Waals surface area contributed by atoms with E-state index in [1.165, 1.54) is 135 Å². The highest BCUT2D eigenvalue weighted by Crippen LogP contribution is 2.23. The summed E-state index contributed by atoms with van der Waals surface area (Å²) in [4.78, 5) is 30.8. The highest BCUT2D eigenvalue weighted by Gasteiger charge is 2.24. The first kappa shape index (κ1) is 62.1. The predicted octanol–water partition coefficient (Wildman–Crippen LogP) is 13.2. The van der Waals surface area contributed by atoms with Crippen LogP contribution in [0.3, 0.4) is 0 Å². The first-order valence-corrected chi connectivity index (χ1v) is 27.7. The number of hydrogen-bond acceptors (Lipinski definition) is 8. The SMILES string of the molecule is CCCCCCCCCC[C@@H](O)CN(CCCC[C@H](CC(=O)[C@@H](CC)CCCCN(C[C@H](O)CCCCCCCCCC)C[C@@H](C)O)C(C)=O)C[C@H](O)CCCCCCCCCC. The number of Topliss-reactive ketones (excluding diaryl/α,β-unsaturated/α-hetero) is 2. The lowest BCUT2D eigenvalue weighted by Crippen LogP contribution is -2.38. The van der Waals surface area contributed by atoms with E-state index in [9.17, 15) is 30.0 Å². The van der Waals surface area contributed by atoms with Gasteiger partial charge in [0.2, 0.25) is 0 Å². The molecule has 0 aliphatic rings. The standard InChI is InChI=1S/C55H110N2O6/c1-7-11-14-17-20-23-26-29-38-52(60)45-56(44-48(5)58)41-34-32-36-50(10-4)55(63)43-51(49(6)59)37-33-35-42-57(46-53(61)39-30-27-24-21-18-15-12-8-2)47-54(62)40-31-28-25-22-19-16-13-9-3/h48,50-54,58,60-62H,7-47H2,1-6H3/t48-,50+,51-,52-,53-,54-/m1/s1. The number of hydrogen-bond donors (Lipinski definition) is 4. The van der Waals surface area contributed by atoms with Crippen molar-refractivity contribution in [1.29, 1.82) is 0 Å². The van der Waals surface area contributed by atoms with Gasteiger partial charge in [-0.05, 0) is 78.3 Å². The third-order valence-corrected chi connectivity index (χ3v) is 13.6. The van der Waals surface area contributed by atoms with Crippen LogP contribution in [0.5, 0.6) is 0 Å². The van der Waals surface area contributed by atoms with Crippen molar-refractivity contribution in [1.82, 2.24) is 9.80 Å². The molecule has 0 aromatic carbocycles. The largest absolute Gasteiger partial charge is 0.392 e. The van der Waals surface area contributed by atoms with Crippen LogP contribution < -0.4 is 0 Å². The van der Waals surface area contributed by atoms with Crippen molar-refractivity contribution in [3.63, 3.8) is 0 Å². The van der Waals surface area contributed by atoms with Gasteiger partial charge in [-0.2, -0.15) is 0 Å². The summed E-state index contributed by atoms with van der Waals surface area (Å²) in [5, 5.41) is 43.0. The molecule has 376 valence electrons. The first-order valence-electron chi connectivity index (χ1n) is 27.7. The van der Waals surface area contributed by atoms with Crippen molar-refractivity contribution in [3.05, 3.63) is 0 Å². The number of ketones is 2. The van der Waals surface area contributed by atoms with Gasteiger partial charge in [0.15, 0.2) is 0 Å². The van der Waals surface area contributed by atoms with Crippen LogP contribution >= 0.6 is 0 Å². The van der Waals surface area contributed by atoms with E-state index in [2.05, 4.69) is 37.5 Å². The van der Waals surface area contributed by atoms with E-state index in [0.717, 1.165) is 90.1 Å². The number of unbranched alkanes of at least 4 members (excludes halogenated alkanes) is 23. The average molecular weight is 895 g/mol. The molecule has 6 atom stereocenters. The van der Waals surface area contributed by atoms with Crippen LogP contribution in [0.25, 0.3) is 0 Å². The summed E-state index contributed by atoms with van der Waals surface area (Å²) in [5.74, 6) is -0.0144. The lowest BCUT2D eigenvalue weighted by atomic mass is 9.85. The van der Waals surface area contributed by atoms with E-state index in [4.69, 9.17) is 0 Å². The normalized spacial score (nSPS) is 14.9. The van der Waals surface area contributed by atoms with Gasteiger partial charge in [-0.25, -0.2) is 0 Å². The van der Waals surface area contributed by atoms with Gasteiger partial charge in [0.1, 0.15) is 11.6 Å². The van der Waals surface area contributed by atoms with Crippen LogP contribution in [0.15, 0.2) is 0 Å². The van der Waals surface area contributed by atoms with Crippen molar-refractivity contribution in [3.8, 4) is 0 Å². The molecule has 0 spiro atoms. The highest BCUT2D eigenvalue weighted by atomic mass is 16.3. The van der Waals surface area contributed by atoms with Crippen LogP contribution in [0.2, 0.25) is 0 Å². The lowest BCUT2D eigenvalue weighted by Gasteiger charge is -2.28. The molecule has 0 rings (SSSR count). The molecule has 0 bridgehead atoms. The number of aliphatic hydroxyl groups excluding tert-OH is 4. The molecule has 0 aliphatic heterocycles. The molecule has 0 unspecified atom stereocenters. The first-order chi connectivity index (χ1) is 30.5. The minimum absolute atomic E-state index is 0.0507. The summed E-state index contributed by atoms with van der Waals surface area (Å²) in [5.41, 5.74) is 0. The molecule has 0 fully saturated rings. The Morgan fingerprint density at radius 3 is 1.02 bits per heavy atom. The predicted molar refractivity (Wildman–Crippen MR) is 270 cm³/mol. The van der Waals surface area contributed by atoms with Gasteiger partial charge >= 0.3 is 0 Å². The van der Waals surface area contributed by atoms with Gasteiger partial charge < -0.3 is 20.4 Å². The fourth-order valence-corrected chi connectivity index (χ4v) is 9.50. The second kappa shape index (κ2) is 44.9. The second-order valence-electron chi connectivity index (χ2n) is 20.2. The molecular formula is C55H110N2O6. The Balaban J connectivity index is 4.94. The molecule has 0 heterocycles. The summed E-state index contributed by atoms with van der Waals surface area (Å²) in [7, 11) is 0. The molecule has 4 N–H and O–H groups in total. The maximum atomic E-state index is 13.6. The summed E-state index contributed by atoms with van der Waals surface area (Å²) in [6.07, 6.45) is 36.9. The number of rotatable bonds is 50. The molecule has 0 aliphatic carbocycles. The van der Waals surface area contributed by atoms with Crippen molar-refractivity contribution < 1.29 is 30.0 Å². The fourth-order valence-electron chi connectivity index (χ4n) is 9.50. The Kier molecular flexibility index (Phi) is 44.3. The van der Waals surface area contributed by atoms with Crippen LogP contribution in [0.4, 0.5) is 0 Å². The van der Waals surface area contributed by atoms with E-state index in [-0.39, 0.29) is 29.5 Å². The maximum Gasteiger partial charge on any atom is 0.136 e. The molecule has 8 nitrogen and oxygen atoms in total. The number of carbonyl (C=O) groups excluding carboxylic acids is 2. The number of carbonyl (C=O) groups is 2. The highest BCUT2D eigenvalue weighted by molar-refractivity contribution is 5.87. The maximum absolute atomic E-state index is 13.6. The lowest BCUT2D eigenvalue weighted by molar-refractivity contribution is -0.129.